The van der Waals surface area contributed by atoms with Gasteiger partial charge in [-0.1, -0.05) is 72.5 Å². The number of hydrogen-bond acceptors (Lipinski definition) is 2. The summed E-state index contributed by atoms with van der Waals surface area (Å²) in [5.74, 6) is 6.66. The van der Waals surface area contributed by atoms with Crippen LogP contribution in [0.15, 0.2) is 60.7 Å². The van der Waals surface area contributed by atoms with E-state index in [1.165, 1.54) is 30.4 Å². The van der Waals surface area contributed by atoms with Gasteiger partial charge >= 0.3 is 0 Å². The normalized spacial score (nSPS) is 17.9. The number of ether oxygens (including phenoxy) is 1. The average Bonchev–Trinajstić information content (AvgIpc) is 2.64. The van der Waals surface area contributed by atoms with Crippen LogP contribution in [0.1, 0.15) is 30.4 Å². The molecule has 0 spiro atoms. The van der Waals surface area contributed by atoms with Crippen LogP contribution >= 0.6 is 0 Å². The Kier molecular flexibility index (Phi) is 6.48. The van der Waals surface area contributed by atoms with Gasteiger partial charge in [0.15, 0.2) is 0 Å². The van der Waals surface area contributed by atoms with Crippen LogP contribution in [0.25, 0.3) is 0 Å². The number of rotatable bonds is 5. The zero-order valence-corrected chi connectivity index (χ0v) is 14.2. The SMILES string of the molecule is C(#CC1CCCCN1Cc1ccccc1)COCc1ccccc1. The van der Waals surface area contributed by atoms with Crippen molar-refractivity contribution in [1.29, 1.82) is 0 Å². The number of benzene rings is 2. The van der Waals surface area contributed by atoms with Crippen molar-refractivity contribution in [3.8, 4) is 11.8 Å². The predicted molar refractivity (Wildman–Crippen MR) is 98.4 cm³/mol. The van der Waals surface area contributed by atoms with E-state index in [4.69, 9.17) is 4.74 Å². The lowest BCUT2D eigenvalue weighted by molar-refractivity contribution is 0.152. The van der Waals surface area contributed by atoms with E-state index in [0.717, 1.165) is 13.1 Å². The molecule has 0 N–H and O–H groups in total. The third kappa shape index (κ3) is 5.23. The molecule has 0 bridgehead atoms. The molecule has 3 rings (SSSR count). The number of nitrogens with zero attached hydrogens (tertiary/aromatic N) is 1. The molecule has 2 aromatic rings. The van der Waals surface area contributed by atoms with Gasteiger partial charge in [-0.3, -0.25) is 4.90 Å². The average molecular weight is 319 g/mol. The fourth-order valence-electron chi connectivity index (χ4n) is 3.12. The number of likely N-dealkylation sites (tertiary alicyclic amines) is 1. The molecule has 1 atom stereocenters. The maximum Gasteiger partial charge on any atom is 0.108 e. The second kappa shape index (κ2) is 9.27. The zero-order valence-electron chi connectivity index (χ0n) is 14.2. The maximum atomic E-state index is 5.67. The molecule has 2 nitrogen and oxygen atoms in total. The van der Waals surface area contributed by atoms with Crippen molar-refractivity contribution in [2.75, 3.05) is 13.2 Å². The standard InChI is InChI=1S/C22H25NO/c1-3-10-20(11-4-1)18-23-16-8-7-14-22(23)15-9-17-24-19-21-12-5-2-6-13-21/h1-6,10-13,22H,7-8,14,16-19H2. The van der Waals surface area contributed by atoms with Gasteiger partial charge in [0.1, 0.15) is 6.61 Å². The van der Waals surface area contributed by atoms with Crippen LogP contribution in [0.4, 0.5) is 0 Å². The summed E-state index contributed by atoms with van der Waals surface area (Å²) in [5, 5.41) is 0. The summed E-state index contributed by atoms with van der Waals surface area (Å²) in [4.78, 5) is 2.50. The summed E-state index contributed by atoms with van der Waals surface area (Å²) >= 11 is 0. The van der Waals surface area contributed by atoms with Gasteiger partial charge in [-0.25, -0.2) is 0 Å². The Bertz CT molecular complexity index is 657. The smallest absolute Gasteiger partial charge is 0.108 e. The van der Waals surface area contributed by atoms with Crippen LogP contribution in [0, 0.1) is 11.8 Å². The van der Waals surface area contributed by atoms with E-state index in [1.54, 1.807) is 0 Å². The fraction of sp³-hybridized carbons (Fsp3) is 0.364. The quantitative estimate of drug-likeness (QED) is 0.603. The molecule has 1 heterocycles. The minimum absolute atomic E-state index is 0.360. The van der Waals surface area contributed by atoms with Gasteiger partial charge in [-0.15, -0.1) is 0 Å². The van der Waals surface area contributed by atoms with E-state index in [9.17, 15) is 0 Å². The molecule has 0 radical (unpaired) electrons. The van der Waals surface area contributed by atoms with Crippen molar-refractivity contribution in [3.05, 3.63) is 71.8 Å². The van der Waals surface area contributed by atoms with E-state index in [-0.39, 0.29) is 0 Å². The molecule has 24 heavy (non-hydrogen) atoms. The Morgan fingerprint density at radius 2 is 1.62 bits per heavy atom. The maximum absolute atomic E-state index is 5.67. The summed E-state index contributed by atoms with van der Waals surface area (Å²) < 4.78 is 5.67. The molecule has 1 fully saturated rings. The highest BCUT2D eigenvalue weighted by Crippen LogP contribution is 2.19. The lowest BCUT2D eigenvalue weighted by Crippen LogP contribution is -2.38. The van der Waals surface area contributed by atoms with Crippen molar-refractivity contribution in [2.24, 2.45) is 0 Å². The van der Waals surface area contributed by atoms with Crippen molar-refractivity contribution in [1.82, 2.24) is 4.90 Å². The molecule has 0 aromatic heterocycles. The molecule has 0 saturated carbocycles. The number of piperidine rings is 1. The summed E-state index contributed by atoms with van der Waals surface area (Å²) in [6.07, 6.45) is 3.71. The topological polar surface area (TPSA) is 12.5 Å². The van der Waals surface area contributed by atoms with Gasteiger partial charge in [0.25, 0.3) is 0 Å². The van der Waals surface area contributed by atoms with E-state index in [0.29, 0.717) is 19.3 Å². The van der Waals surface area contributed by atoms with E-state index in [2.05, 4.69) is 59.2 Å². The molecule has 1 aliphatic heterocycles. The van der Waals surface area contributed by atoms with Gasteiger partial charge in [-0.05, 0) is 36.9 Å². The van der Waals surface area contributed by atoms with Crippen LogP contribution < -0.4 is 0 Å². The minimum atomic E-state index is 0.360. The van der Waals surface area contributed by atoms with Crippen LogP contribution in [0.3, 0.4) is 0 Å². The monoisotopic (exact) mass is 319 g/mol. The van der Waals surface area contributed by atoms with Crippen LogP contribution in [-0.2, 0) is 17.9 Å². The first kappa shape index (κ1) is 16.8. The summed E-state index contributed by atoms with van der Waals surface area (Å²) in [7, 11) is 0. The Balaban J connectivity index is 1.49. The Hall–Kier alpha value is -2.08. The van der Waals surface area contributed by atoms with Crippen molar-refractivity contribution < 1.29 is 4.74 Å². The molecule has 0 amide bonds. The van der Waals surface area contributed by atoms with Gasteiger partial charge < -0.3 is 4.74 Å². The van der Waals surface area contributed by atoms with Crippen LogP contribution in [0.5, 0.6) is 0 Å². The molecule has 2 aromatic carbocycles. The predicted octanol–water partition coefficient (Wildman–Crippen LogP) is 4.26. The second-order valence-corrected chi connectivity index (χ2v) is 6.27. The van der Waals surface area contributed by atoms with E-state index < -0.39 is 0 Å². The molecule has 1 saturated heterocycles. The van der Waals surface area contributed by atoms with E-state index >= 15 is 0 Å². The highest BCUT2D eigenvalue weighted by atomic mass is 16.5. The number of hydrogen-bond donors (Lipinski definition) is 0. The second-order valence-electron chi connectivity index (χ2n) is 6.27. The van der Waals surface area contributed by atoms with Gasteiger partial charge in [0.05, 0.1) is 12.6 Å². The fourth-order valence-corrected chi connectivity index (χ4v) is 3.12. The highest BCUT2D eigenvalue weighted by Gasteiger charge is 2.20. The third-order valence-electron chi connectivity index (χ3n) is 4.40. The molecule has 2 heteroatoms. The highest BCUT2D eigenvalue weighted by molar-refractivity contribution is 5.17. The summed E-state index contributed by atoms with van der Waals surface area (Å²) in [5.41, 5.74) is 2.56. The van der Waals surface area contributed by atoms with Gasteiger partial charge in [-0.2, -0.15) is 0 Å². The van der Waals surface area contributed by atoms with Crippen LogP contribution in [0.2, 0.25) is 0 Å². The molecule has 124 valence electrons. The van der Waals surface area contributed by atoms with Gasteiger partial charge in [0.2, 0.25) is 0 Å². The first-order valence-electron chi connectivity index (χ1n) is 8.80. The van der Waals surface area contributed by atoms with Crippen molar-refractivity contribution in [2.45, 2.75) is 38.5 Å². The molecular formula is C22H25NO. The Morgan fingerprint density at radius 1 is 0.917 bits per heavy atom. The summed E-state index contributed by atoms with van der Waals surface area (Å²) in [6, 6.07) is 21.3. The molecule has 0 aliphatic carbocycles. The third-order valence-corrected chi connectivity index (χ3v) is 4.40. The van der Waals surface area contributed by atoms with Gasteiger partial charge in [0, 0.05) is 6.54 Å². The van der Waals surface area contributed by atoms with E-state index in [1.807, 2.05) is 18.2 Å². The van der Waals surface area contributed by atoms with Crippen LogP contribution in [-0.4, -0.2) is 24.1 Å². The lowest BCUT2D eigenvalue weighted by atomic mass is 10.0. The molecule has 1 unspecified atom stereocenters. The Morgan fingerprint density at radius 3 is 2.38 bits per heavy atom. The zero-order chi connectivity index (χ0) is 16.5. The summed E-state index contributed by atoms with van der Waals surface area (Å²) in [6.45, 7) is 3.27. The minimum Gasteiger partial charge on any atom is -0.364 e. The first-order valence-corrected chi connectivity index (χ1v) is 8.80. The van der Waals surface area contributed by atoms with Crippen molar-refractivity contribution in [3.63, 3.8) is 0 Å². The molecule has 1 aliphatic rings. The molecular weight excluding hydrogens is 294 g/mol. The first-order chi connectivity index (χ1) is 11.9. The largest absolute Gasteiger partial charge is 0.364 e. The van der Waals surface area contributed by atoms with Crippen molar-refractivity contribution >= 4 is 0 Å². The lowest BCUT2D eigenvalue weighted by Gasteiger charge is -2.32. The Labute approximate surface area is 145 Å².